The second-order valence-corrected chi connectivity index (χ2v) is 9.78. The van der Waals surface area contributed by atoms with E-state index in [1.807, 2.05) is 6.92 Å². The van der Waals surface area contributed by atoms with Gasteiger partial charge in [-0.15, -0.1) is 0 Å². The Kier molecular flexibility index (Phi) is 8.59. The fourth-order valence-corrected chi connectivity index (χ4v) is 3.48. The Morgan fingerprint density at radius 1 is 1.04 bits per heavy atom. The van der Waals surface area contributed by atoms with E-state index in [0.717, 1.165) is 11.6 Å². The van der Waals surface area contributed by atoms with Crippen LogP contribution in [0.3, 0.4) is 0 Å². The minimum atomic E-state index is -4.38. The average Bonchev–Trinajstić information content (AvgIpc) is 2.44. The molecule has 8 heteroatoms. The summed E-state index contributed by atoms with van der Waals surface area (Å²) in [5, 5.41) is 10.7. The Balaban J connectivity index is 0.000000816. The van der Waals surface area contributed by atoms with Gasteiger partial charge in [0.15, 0.2) is 0 Å². The zero-order chi connectivity index (χ0) is 17.6. The normalized spacial score (nSPS) is 11.3. The molecule has 2 aromatic rings. The van der Waals surface area contributed by atoms with E-state index in [9.17, 15) is 18.3 Å². The van der Waals surface area contributed by atoms with E-state index in [2.05, 4.69) is 0 Å². The van der Waals surface area contributed by atoms with Crippen LogP contribution in [0.25, 0.3) is 0 Å². The van der Waals surface area contributed by atoms with Crippen LogP contribution in [0.1, 0.15) is 16.7 Å². The Hall–Kier alpha value is -0.0769. The van der Waals surface area contributed by atoms with E-state index < -0.39 is 32.6 Å². The first-order valence-corrected chi connectivity index (χ1v) is 13.7. The van der Waals surface area contributed by atoms with Gasteiger partial charge in [-0.05, 0) is 42.4 Å². The summed E-state index contributed by atoms with van der Waals surface area (Å²) in [5.74, 6) is 0.0749. The SMILES string of the molecule is Cc1cc(C)c(O)c(Pc2ccccc2C(F)(F)F)c1.[Cl][Zr][Cl]. The number of phenolic OH excluding ortho intramolecular Hbond substituents is 1. The van der Waals surface area contributed by atoms with E-state index in [-0.39, 0.29) is 19.6 Å². The Morgan fingerprint density at radius 2 is 1.61 bits per heavy atom. The van der Waals surface area contributed by atoms with Crippen LogP contribution >= 0.6 is 25.6 Å². The number of phenols is 1. The molecule has 0 aromatic heterocycles. The molecule has 0 saturated carbocycles. The van der Waals surface area contributed by atoms with Crippen molar-refractivity contribution in [1.29, 1.82) is 0 Å². The Morgan fingerprint density at radius 3 is 2.17 bits per heavy atom. The summed E-state index contributed by atoms with van der Waals surface area (Å²) >= 11 is -0.826. The van der Waals surface area contributed by atoms with Gasteiger partial charge in [0.05, 0.1) is 5.56 Å². The molecule has 0 amide bonds. The molecule has 0 aliphatic carbocycles. The van der Waals surface area contributed by atoms with Crippen LogP contribution in [0.5, 0.6) is 5.75 Å². The van der Waals surface area contributed by atoms with E-state index in [1.54, 1.807) is 25.1 Å². The third-order valence-corrected chi connectivity index (χ3v) is 4.30. The molecule has 0 bridgehead atoms. The molecule has 2 aromatic carbocycles. The van der Waals surface area contributed by atoms with Crippen LogP contribution in [-0.2, 0) is 27.0 Å². The average molecular weight is 460 g/mol. The summed E-state index contributed by atoms with van der Waals surface area (Å²) in [5.41, 5.74) is 0.959. The van der Waals surface area contributed by atoms with Crippen LogP contribution in [-0.4, -0.2) is 5.11 Å². The summed E-state index contributed by atoms with van der Waals surface area (Å²) in [6.07, 6.45) is -4.38. The van der Waals surface area contributed by atoms with E-state index in [0.29, 0.717) is 10.9 Å². The van der Waals surface area contributed by atoms with Crippen LogP contribution in [0.15, 0.2) is 36.4 Å². The van der Waals surface area contributed by atoms with Crippen molar-refractivity contribution in [2.45, 2.75) is 20.0 Å². The summed E-state index contributed by atoms with van der Waals surface area (Å²) in [6, 6.07) is 9.02. The predicted molar refractivity (Wildman–Crippen MR) is 88.3 cm³/mol. The van der Waals surface area contributed by atoms with E-state index >= 15 is 0 Å². The fourth-order valence-electron chi connectivity index (χ4n) is 2.04. The molecule has 0 fully saturated rings. The number of aryl methyl sites for hydroxylation is 2. The van der Waals surface area contributed by atoms with Crippen LogP contribution in [0.2, 0.25) is 0 Å². The zero-order valence-electron chi connectivity index (χ0n) is 12.3. The molecule has 0 radical (unpaired) electrons. The standard InChI is InChI=1S/C15H14F3OP.2ClH.Zr/c1-9-7-10(2)14(19)13(8-9)20-12-6-4-3-5-11(12)15(16,17)18;;;/h3-8,19-20H,1-2H3;2*1H;/q;;;+2/p-2. The number of halogens is 5. The van der Waals surface area contributed by atoms with Gasteiger partial charge >= 0.3 is 44.1 Å². The molecule has 0 spiro atoms. The van der Waals surface area contributed by atoms with Gasteiger partial charge in [0.25, 0.3) is 0 Å². The van der Waals surface area contributed by atoms with E-state index in [4.69, 9.17) is 17.0 Å². The molecule has 23 heavy (non-hydrogen) atoms. The number of benzene rings is 2. The number of hydrogen-bond acceptors (Lipinski definition) is 1. The number of rotatable bonds is 2. The number of aromatic hydroxyl groups is 1. The quantitative estimate of drug-likeness (QED) is 0.624. The summed E-state index contributed by atoms with van der Waals surface area (Å²) < 4.78 is 38.9. The fraction of sp³-hybridized carbons (Fsp3) is 0.200. The molecule has 1 atom stereocenters. The maximum atomic E-state index is 13.0. The van der Waals surface area contributed by atoms with E-state index in [1.165, 1.54) is 12.1 Å². The van der Waals surface area contributed by atoms with Gasteiger partial charge in [0.2, 0.25) is 0 Å². The topological polar surface area (TPSA) is 20.2 Å². The molecular weight excluding hydrogens is 446 g/mol. The third-order valence-electron chi connectivity index (χ3n) is 2.95. The molecule has 1 unspecified atom stereocenters. The van der Waals surface area contributed by atoms with Gasteiger partial charge in [-0.25, -0.2) is 0 Å². The predicted octanol–water partition coefficient (Wildman–Crippen LogP) is 5.03. The van der Waals surface area contributed by atoms with Gasteiger partial charge in [-0.2, -0.15) is 13.2 Å². The van der Waals surface area contributed by atoms with Gasteiger partial charge in [-0.1, -0.05) is 32.8 Å². The Labute approximate surface area is 153 Å². The summed E-state index contributed by atoms with van der Waals surface area (Å²) in [4.78, 5) is 0. The molecular formula is C15H14Cl2F3OPZr. The van der Waals surface area contributed by atoms with Gasteiger partial charge < -0.3 is 5.11 Å². The van der Waals surface area contributed by atoms with Gasteiger partial charge in [0, 0.05) is 5.30 Å². The number of hydrogen-bond donors (Lipinski definition) is 1. The van der Waals surface area contributed by atoms with Crippen molar-refractivity contribution >= 4 is 36.2 Å². The van der Waals surface area contributed by atoms with Crippen LogP contribution < -0.4 is 10.6 Å². The molecule has 0 aliphatic rings. The van der Waals surface area contributed by atoms with Crippen molar-refractivity contribution in [2.75, 3.05) is 0 Å². The minimum absolute atomic E-state index is 0.0749. The molecule has 0 aliphatic heterocycles. The first-order chi connectivity index (χ1) is 10.7. The van der Waals surface area contributed by atoms with Crippen LogP contribution in [0.4, 0.5) is 13.2 Å². The summed E-state index contributed by atoms with van der Waals surface area (Å²) in [7, 11) is 9.64. The first-order valence-electron chi connectivity index (χ1n) is 6.40. The van der Waals surface area contributed by atoms with Gasteiger partial charge in [-0.3, -0.25) is 0 Å². The van der Waals surface area contributed by atoms with Crippen molar-refractivity contribution in [2.24, 2.45) is 0 Å². The zero-order valence-corrected chi connectivity index (χ0v) is 17.3. The second-order valence-electron chi connectivity index (χ2n) is 4.72. The van der Waals surface area contributed by atoms with Crippen molar-refractivity contribution in [3.8, 4) is 5.75 Å². The van der Waals surface area contributed by atoms with Crippen LogP contribution in [0, 0.1) is 13.8 Å². The van der Waals surface area contributed by atoms with Crippen molar-refractivity contribution in [3.05, 3.63) is 53.1 Å². The molecule has 1 N–H and O–H groups in total. The maximum absolute atomic E-state index is 13.0. The monoisotopic (exact) mass is 458 g/mol. The van der Waals surface area contributed by atoms with Gasteiger partial charge in [0.1, 0.15) is 5.75 Å². The molecule has 2 rings (SSSR count). The van der Waals surface area contributed by atoms with Crippen molar-refractivity contribution in [1.82, 2.24) is 0 Å². The molecule has 0 saturated heterocycles. The molecule has 124 valence electrons. The third kappa shape index (κ3) is 6.38. The second kappa shape index (κ2) is 9.42. The Bertz CT molecular complexity index is 666. The first kappa shape index (κ1) is 21.0. The molecule has 0 heterocycles. The van der Waals surface area contributed by atoms with Crippen molar-refractivity contribution in [3.63, 3.8) is 0 Å². The molecule has 1 nitrogen and oxygen atoms in total. The number of alkyl halides is 3. The van der Waals surface area contributed by atoms with Crippen molar-refractivity contribution < 1.29 is 39.1 Å². The summed E-state index contributed by atoms with van der Waals surface area (Å²) in [6.45, 7) is 3.60.